The lowest BCUT2D eigenvalue weighted by molar-refractivity contribution is -0.147. The quantitative estimate of drug-likeness (QED) is 0.831. The molecule has 0 aliphatic carbocycles. The van der Waals surface area contributed by atoms with Crippen molar-refractivity contribution in [1.29, 1.82) is 0 Å². The number of hydrogen-bond donors (Lipinski definition) is 1. The molecule has 1 aliphatic heterocycles. The van der Waals surface area contributed by atoms with Gasteiger partial charge in [-0.1, -0.05) is 37.3 Å². The Morgan fingerprint density at radius 3 is 2.67 bits per heavy atom. The Balaban J connectivity index is 2.37. The fourth-order valence-corrected chi connectivity index (χ4v) is 2.97. The number of methoxy groups -OCH3 is 1. The van der Waals surface area contributed by atoms with Crippen LogP contribution < -0.4 is 5.32 Å². The molecule has 2 rings (SSSR count). The van der Waals surface area contributed by atoms with Crippen molar-refractivity contribution >= 4 is 5.97 Å². The van der Waals surface area contributed by atoms with E-state index in [2.05, 4.69) is 17.4 Å². The van der Waals surface area contributed by atoms with Gasteiger partial charge in [0.1, 0.15) is 0 Å². The first-order chi connectivity index (χ1) is 8.70. The Kier molecular flexibility index (Phi) is 4.02. The van der Waals surface area contributed by atoms with E-state index in [1.54, 1.807) is 0 Å². The first-order valence-electron chi connectivity index (χ1n) is 6.55. The Morgan fingerprint density at radius 2 is 2.11 bits per heavy atom. The van der Waals surface area contributed by atoms with Gasteiger partial charge in [0.2, 0.25) is 0 Å². The normalized spacial score (nSPS) is 25.4. The molecule has 0 aromatic heterocycles. The van der Waals surface area contributed by atoms with Crippen LogP contribution in [0.25, 0.3) is 0 Å². The van der Waals surface area contributed by atoms with Crippen LogP contribution in [0.1, 0.15) is 25.3 Å². The van der Waals surface area contributed by atoms with Crippen molar-refractivity contribution < 1.29 is 9.53 Å². The Bertz CT molecular complexity index is 396. The van der Waals surface area contributed by atoms with E-state index in [0.29, 0.717) is 0 Å². The maximum absolute atomic E-state index is 11.9. The highest BCUT2D eigenvalue weighted by molar-refractivity contribution is 5.74. The summed E-state index contributed by atoms with van der Waals surface area (Å²) in [6, 6.07) is 10.3. The van der Waals surface area contributed by atoms with E-state index in [1.165, 1.54) is 12.7 Å². The number of piperidine rings is 1. The van der Waals surface area contributed by atoms with E-state index in [4.69, 9.17) is 4.74 Å². The van der Waals surface area contributed by atoms with E-state index in [1.807, 2.05) is 25.1 Å². The molecule has 1 fully saturated rings. The minimum atomic E-state index is -0.132. The third-order valence-electron chi connectivity index (χ3n) is 4.15. The van der Waals surface area contributed by atoms with Gasteiger partial charge in [-0.3, -0.25) is 4.79 Å². The van der Waals surface area contributed by atoms with Gasteiger partial charge in [-0.2, -0.15) is 0 Å². The summed E-state index contributed by atoms with van der Waals surface area (Å²) in [5.74, 6) is -0.250. The highest BCUT2D eigenvalue weighted by Gasteiger charge is 2.42. The van der Waals surface area contributed by atoms with E-state index in [0.717, 1.165) is 25.9 Å². The highest BCUT2D eigenvalue weighted by atomic mass is 16.5. The molecule has 1 aromatic carbocycles. The highest BCUT2D eigenvalue weighted by Crippen LogP contribution is 2.38. The molecule has 0 radical (unpaired) electrons. The monoisotopic (exact) mass is 247 g/mol. The van der Waals surface area contributed by atoms with Crippen molar-refractivity contribution in [3.05, 3.63) is 35.9 Å². The van der Waals surface area contributed by atoms with E-state index >= 15 is 0 Å². The number of carbonyl (C=O) groups is 1. The first-order valence-corrected chi connectivity index (χ1v) is 6.55. The van der Waals surface area contributed by atoms with Crippen molar-refractivity contribution in [2.24, 2.45) is 5.92 Å². The molecule has 0 bridgehead atoms. The van der Waals surface area contributed by atoms with Crippen molar-refractivity contribution in [2.45, 2.75) is 25.2 Å². The molecular weight excluding hydrogens is 226 g/mol. The minimum Gasteiger partial charge on any atom is -0.469 e. The maximum Gasteiger partial charge on any atom is 0.309 e. The van der Waals surface area contributed by atoms with Crippen LogP contribution in [0.4, 0.5) is 0 Å². The van der Waals surface area contributed by atoms with Gasteiger partial charge < -0.3 is 10.1 Å². The van der Waals surface area contributed by atoms with Crippen LogP contribution in [0.3, 0.4) is 0 Å². The molecule has 18 heavy (non-hydrogen) atoms. The summed E-state index contributed by atoms with van der Waals surface area (Å²) >= 11 is 0. The zero-order chi connectivity index (χ0) is 13.0. The predicted octanol–water partition coefficient (Wildman–Crippen LogP) is 2.12. The number of carbonyl (C=O) groups excluding carboxylic acids is 1. The molecule has 3 nitrogen and oxygen atoms in total. The number of esters is 1. The lowest BCUT2D eigenvalue weighted by Gasteiger charge is -2.41. The minimum absolute atomic E-state index is 0.123. The van der Waals surface area contributed by atoms with Gasteiger partial charge in [-0.15, -0.1) is 0 Å². The standard InChI is InChI=1S/C15H21NO2/c1-12(14(17)18-2)15(9-6-10-16-11-15)13-7-4-3-5-8-13/h3-5,7-8,12,16H,6,9-11H2,1-2H3. The molecule has 3 heteroatoms. The summed E-state index contributed by atoms with van der Waals surface area (Å²) in [5.41, 5.74) is 1.10. The van der Waals surface area contributed by atoms with E-state index in [9.17, 15) is 4.79 Å². The summed E-state index contributed by atoms with van der Waals surface area (Å²) in [4.78, 5) is 11.9. The zero-order valence-electron chi connectivity index (χ0n) is 11.1. The summed E-state index contributed by atoms with van der Waals surface area (Å²) in [5, 5.41) is 3.43. The maximum atomic E-state index is 11.9. The number of hydrogen-bond acceptors (Lipinski definition) is 3. The van der Waals surface area contributed by atoms with Crippen LogP contribution >= 0.6 is 0 Å². The van der Waals surface area contributed by atoms with Crippen LogP contribution in [0.15, 0.2) is 30.3 Å². The van der Waals surface area contributed by atoms with E-state index in [-0.39, 0.29) is 17.3 Å². The number of nitrogens with one attached hydrogen (secondary N) is 1. The van der Waals surface area contributed by atoms with Gasteiger partial charge in [0.25, 0.3) is 0 Å². The molecule has 0 spiro atoms. The Morgan fingerprint density at radius 1 is 1.39 bits per heavy atom. The van der Waals surface area contributed by atoms with Crippen molar-refractivity contribution in [2.75, 3.05) is 20.2 Å². The van der Waals surface area contributed by atoms with Gasteiger partial charge in [0.15, 0.2) is 0 Å². The van der Waals surface area contributed by atoms with Crippen molar-refractivity contribution in [3.63, 3.8) is 0 Å². The molecule has 1 saturated heterocycles. The molecule has 2 atom stereocenters. The van der Waals surface area contributed by atoms with Gasteiger partial charge in [0.05, 0.1) is 13.0 Å². The van der Waals surface area contributed by atoms with Crippen LogP contribution in [-0.4, -0.2) is 26.2 Å². The average Bonchev–Trinajstić information content (AvgIpc) is 2.47. The van der Waals surface area contributed by atoms with E-state index < -0.39 is 0 Å². The molecular formula is C15H21NO2. The zero-order valence-corrected chi connectivity index (χ0v) is 11.1. The molecule has 1 aliphatic rings. The van der Waals surface area contributed by atoms with Crippen molar-refractivity contribution in [1.82, 2.24) is 5.32 Å². The smallest absolute Gasteiger partial charge is 0.309 e. The average molecular weight is 247 g/mol. The van der Waals surface area contributed by atoms with Gasteiger partial charge in [-0.05, 0) is 24.9 Å². The molecule has 1 aromatic rings. The largest absolute Gasteiger partial charge is 0.469 e. The second kappa shape index (κ2) is 5.53. The molecule has 98 valence electrons. The van der Waals surface area contributed by atoms with Crippen LogP contribution in [0.5, 0.6) is 0 Å². The van der Waals surface area contributed by atoms with Gasteiger partial charge >= 0.3 is 5.97 Å². The number of benzene rings is 1. The summed E-state index contributed by atoms with van der Waals surface area (Å²) < 4.78 is 4.95. The van der Waals surface area contributed by atoms with Crippen molar-refractivity contribution in [3.8, 4) is 0 Å². The molecule has 1 heterocycles. The third-order valence-corrected chi connectivity index (χ3v) is 4.15. The van der Waals surface area contributed by atoms with Crippen LogP contribution in [-0.2, 0) is 14.9 Å². The fourth-order valence-electron chi connectivity index (χ4n) is 2.97. The molecule has 1 N–H and O–H groups in total. The summed E-state index contributed by atoms with van der Waals surface area (Å²) in [6.45, 7) is 3.85. The lowest BCUT2D eigenvalue weighted by Crippen LogP contribution is -2.50. The molecule has 2 unspecified atom stereocenters. The van der Waals surface area contributed by atoms with Gasteiger partial charge in [-0.25, -0.2) is 0 Å². The van der Waals surface area contributed by atoms with Gasteiger partial charge in [0, 0.05) is 12.0 Å². The Hall–Kier alpha value is -1.35. The SMILES string of the molecule is COC(=O)C(C)C1(c2ccccc2)CCCNC1. The summed E-state index contributed by atoms with van der Waals surface area (Å²) in [6.07, 6.45) is 2.12. The topological polar surface area (TPSA) is 38.3 Å². The number of rotatable bonds is 3. The summed E-state index contributed by atoms with van der Waals surface area (Å²) in [7, 11) is 1.47. The third kappa shape index (κ3) is 2.27. The fraction of sp³-hybridized carbons (Fsp3) is 0.533. The predicted molar refractivity (Wildman–Crippen MR) is 71.4 cm³/mol. The van der Waals surface area contributed by atoms with Crippen LogP contribution in [0.2, 0.25) is 0 Å². The first kappa shape index (κ1) is 13.1. The second-order valence-electron chi connectivity index (χ2n) is 5.05. The Labute approximate surface area is 109 Å². The molecule has 0 amide bonds. The van der Waals surface area contributed by atoms with Crippen LogP contribution in [0, 0.1) is 5.92 Å². The lowest BCUT2D eigenvalue weighted by atomic mass is 9.66. The number of ether oxygens (including phenoxy) is 1. The molecule has 0 saturated carbocycles. The second-order valence-corrected chi connectivity index (χ2v) is 5.05.